The molecule has 26 heavy (non-hydrogen) atoms. The van der Waals surface area contributed by atoms with Gasteiger partial charge in [-0.3, -0.25) is 9.89 Å². The van der Waals surface area contributed by atoms with Crippen molar-refractivity contribution in [1.82, 2.24) is 4.90 Å². The van der Waals surface area contributed by atoms with E-state index in [9.17, 15) is 0 Å². The van der Waals surface area contributed by atoms with Crippen molar-refractivity contribution in [3.05, 3.63) is 59.7 Å². The lowest BCUT2D eigenvalue weighted by Crippen LogP contribution is -2.47. The molecule has 0 bridgehead atoms. The van der Waals surface area contributed by atoms with E-state index >= 15 is 0 Å². The Bertz CT molecular complexity index is 733. The molecule has 0 unspecified atom stereocenters. The molecule has 1 heterocycles. The van der Waals surface area contributed by atoms with Crippen molar-refractivity contribution >= 4 is 17.3 Å². The number of rotatable bonds is 5. The molecular formula is C21H29N5. The van der Waals surface area contributed by atoms with Gasteiger partial charge in [-0.15, -0.1) is 0 Å². The standard InChI is InChI=1S/C21H29N5/c1-17-7-6-10-20(18(17)2)26-15-13-25(14-16-26)12-11-23-21(22)24-19-8-4-3-5-9-19/h3-10H,11-16H2,1-2H3,(H3,22,23,24). The molecule has 1 fully saturated rings. The van der Waals surface area contributed by atoms with Gasteiger partial charge in [0.1, 0.15) is 0 Å². The lowest BCUT2D eigenvalue weighted by atomic mass is 10.1. The molecule has 0 spiro atoms. The monoisotopic (exact) mass is 351 g/mol. The van der Waals surface area contributed by atoms with Gasteiger partial charge >= 0.3 is 0 Å². The fourth-order valence-corrected chi connectivity index (χ4v) is 3.31. The number of piperazine rings is 1. The van der Waals surface area contributed by atoms with Gasteiger partial charge in [0.2, 0.25) is 0 Å². The van der Waals surface area contributed by atoms with Gasteiger partial charge < -0.3 is 16.0 Å². The number of guanidine groups is 1. The fourth-order valence-electron chi connectivity index (χ4n) is 3.31. The highest BCUT2D eigenvalue weighted by molar-refractivity contribution is 5.92. The molecule has 0 aliphatic carbocycles. The number of nitrogens with two attached hydrogens (primary N) is 1. The van der Waals surface area contributed by atoms with Gasteiger partial charge in [-0.2, -0.15) is 0 Å². The zero-order chi connectivity index (χ0) is 18.4. The smallest absolute Gasteiger partial charge is 0.193 e. The summed E-state index contributed by atoms with van der Waals surface area (Å²) < 4.78 is 0. The Morgan fingerprint density at radius 2 is 1.73 bits per heavy atom. The van der Waals surface area contributed by atoms with Crippen molar-refractivity contribution < 1.29 is 0 Å². The van der Waals surface area contributed by atoms with Gasteiger partial charge in [-0.05, 0) is 43.2 Å². The van der Waals surface area contributed by atoms with Crippen LogP contribution in [0.15, 0.2) is 53.5 Å². The van der Waals surface area contributed by atoms with Crippen LogP contribution in [0.2, 0.25) is 0 Å². The van der Waals surface area contributed by atoms with Gasteiger partial charge in [-0.25, -0.2) is 0 Å². The van der Waals surface area contributed by atoms with Crippen LogP contribution < -0.4 is 16.0 Å². The van der Waals surface area contributed by atoms with Gasteiger partial charge in [0, 0.05) is 44.1 Å². The summed E-state index contributed by atoms with van der Waals surface area (Å²) in [5, 5.41) is 3.12. The summed E-state index contributed by atoms with van der Waals surface area (Å²) in [6.45, 7) is 10.3. The summed E-state index contributed by atoms with van der Waals surface area (Å²) in [4.78, 5) is 9.40. The van der Waals surface area contributed by atoms with Crippen LogP contribution in [0.5, 0.6) is 0 Å². The van der Waals surface area contributed by atoms with E-state index in [2.05, 4.69) is 52.2 Å². The van der Waals surface area contributed by atoms with Gasteiger partial charge in [0.05, 0.1) is 6.54 Å². The number of nitrogens with one attached hydrogen (secondary N) is 1. The molecular weight excluding hydrogens is 322 g/mol. The van der Waals surface area contributed by atoms with E-state index in [4.69, 9.17) is 5.73 Å². The van der Waals surface area contributed by atoms with Crippen LogP contribution in [0.1, 0.15) is 11.1 Å². The first-order valence-corrected chi connectivity index (χ1v) is 9.29. The zero-order valence-corrected chi connectivity index (χ0v) is 15.8. The number of anilines is 2. The summed E-state index contributed by atoms with van der Waals surface area (Å²) in [5.74, 6) is 0.477. The van der Waals surface area contributed by atoms with E-state index in [1.165, 1.54) is 16.8 Å². The number of para-hydroxylation sites is 1. The second-order valence-corrected chi connectivity index (χ2v) is 6.81. The van der Waals surface area contributed by atoms with E-state index in [-0.39, 0.29) is 0 Å². The van der Waals surface area contributed by atoms with Gasteiger partial charge in [0.15, 0.2) is 5.96 Å². The predicted octanol–water partition coefficient (Wildman–Crippen LogP) is 2.85. The molecule has 1 saturated heterocycles. The number of aliphatic imine (C=N–C) groups is 1. The molecule has 0 saturated carbocycles. The molecule has 3 rings (SSSR count). The zero-order valence-electron chi connectivity index (χ0n) is 15.8. The largest absolute Gasteiger partial charge is 0.370 e. The summed E-state index contributed by atoms with van der Waals surface area (Å²) in [6, 6.07) is 16.5. The molecule has 2 aromatic rings. The van der Waals surface area contributed by atoms with Crippen molar-refractivity contribution in [2.24, 2.45) is 10.7 Å². The minimum atomic E-state index is 0.477. The van der Waals surface area contributed by atoms with Crippen molar-refractivity contribution in [3.63, 3.8) is 0 Å². The van der Waals surface area contributed by atoms with E-state index in [0.29, 0.717) is 5.96 Å². The Hall–Kier alpha value is -2.53. The molecule has 0 amide bonds. The molecule has 1 aliphatic rings. The van der Waals surface area contributed by atoms with Crippen molar-refractivity contribution in [1.29, 1.82) is 0 Å². The average molecular weight is 351 g/mol. The Morgan fingerprint density at radius 3 is 2.46 bits per heavy atom. The first kappa shape index (κ1) is 18.3. The minimum absolute atomic E-state index is 0.477. The summed E-state index contributed by atoms with van der Waals surface area (Å²) in [6.07, 6.45) is 0. The van der Waals surface area contributed by atoms with Crippen molar-refractivity contribution in [3.8, 4) is 0 Å². The van der Waals surface area contributed by atoms with E-state index in [1.807, 2.05) is 30.3 Å². The predicted molar refractivity (Wildman–Crippen MR) is 111 cm³/mol. The molecule has 2 aromatic carbocycles. The van der Waals surface area contributed by atoms with E-state index < -0.39 is 0 Å². The summed E-state index contributed by atoms with van der Waals surface area (Å²) in [7, 11) is 0. The second-order valence-electron chi connectivity index (χ2n) is 6.81. The van der Waals surface area contributed by atoms with Crippen molar-refractivity contribution in [2.45, 2.75) is 13.8 Å². The Balaban J connectivity index is 1.44. The maximum atomic E-state index is 5.96. The van der Waals surface area contributed by atoms with Gasteiger partial charge in [0.25, 0.3) is 0 Å². The third-order valence-corrected chi connectivity index (χ3v) is 5.03. The van der Waals surface area contributed by atoms with Crippen LogP contribution in [0, 0.1) is 13.8 Å². The summed E-state index contributed by atoms with van der Waals surface area (Å²) >= 11 is 0. The second kappa shape index (κ2) is 8.72. The maximum absolute atomic E-state index is 5.96. The molecule has 138 valence electrons. The third kappa shape index (κ3) is 4.76. The number of nitrogens with zero attached hydrogens (tertiary/aromatic N) is 3. The van der Waals surface area contributed by atoms with Crippen LogP contribution >= 0.6 is 0 Å². The molecule has 0 radical (unpaired) electrons. The molecule has 5 nitrogen and oxygen atoms in total. The number of aryl methyl sites for hydroxylation is 1. The first-order valence-electron chi connectivity index (χ1n) is 9.29. The third-order valence-electron chi connectivity index (χ3n) is 5.03. The number of hydrogen-bond acceptors (Lipinski definition) is 3. The highest BCUT2D eigenvalue weighted by atomic mass is 15.3. The number of benzene rings is 2. The normalized spacial score (nSPS) is 15.9. The van der Waals surface area contributed by atoms with E-state index in [0.717, 1.165) is 45.0 Å². The summed E-state index contributed by atoms with van der Waals surface area (Å²) in [5.41, 5.74) is 11.1. The van der Waals surface area contributed by atoms with E-state index in [1.54, 1.807) is 0 Å². The fraction of sp³-hybridized carbons (Fsp3) is 0.381. The molecule has 5 heteroatoms. The Kier molecular flexibility index (Phi) is 6.12. The van der Waals surface area contributed by atoms with Crippen LogP contribution in [0.3, 0.4) is 0 Å². The Morgan fingerprint density at radius 1 is 1.00 bits per heavy atom. The van der Waals surface area contributed by atoms with Crippen LogP contribution in [-0.2, 0) is 0 Å². The lowest BCUT2D eigenvalue weighted by molar-refractivity contribution is 0.265. The average Bonchev–Trinajstić information content (AvgIpc) is 2.65. The number of hydrogen-bond donors (Lipinski definition) is 2. The van der Waals surface area contributed by atoms with Crippen LogP contribution in [0.25, 0.3) is 0 Å². The lowest BCUT2D eigenvalue weighted by Gasteiger charge is -2.36. The topological polar surface area (TPSA) is 56.9 Å². The highest BCUT2D eigenvalue weighted by Crippen LogP contribution is 2.23. The minimum Gasteiger partial charge on any atom is -0.370 e. The highest BCUT2D eigenvalue weighted by Gasteiger charge is 2.18. The van der Waals surface area contributed by atoms with Gasteiger partial charge in [-0.1, -0.05) is 30.3 Å². The van der Waals surface area contributed by atoms with Crippen molar-refractivity contribution in [2.75, 3.05) is 49.5 Å². The molecule has 0 aromatic heterocycles. The maximum Gasteiger partial charge on any atom is 0.193 e. The van der Waals surface area contributed by atoms with Crippen LogP contribution in [-0.4, -0.2) is 50.1 Å². The molecule has 0 atom stereocenters. The molecule has 1 aliphatic heterocycles. The first-order chi connectivity index (χ1) is 12.6. The quantitative estimate of drug-likeness (QED) is 0.642. The Labute approximate surface area is 156 Å². The van der Waals surface area contributed by atoms with Crippen LogP contribution in [0.4, 0.5) is 11.4 Å². The molecule has 3 N–H and O–H groups in total. The SMILES string of the molecule is Cc1cccc(N2CCN(CCN=C(N)Nc3ccccc3)CC2)c1C.